The summed E-state index contributed by atoms with van der Waals surface area (Å²) in [6.45, 7) is 4.85. The lowest BCUT2D eigenvalue weighted by molar-refractivity contribution is -0.140. The molecule has 7 heteroatoms. The first kappa shape index (κ1) is 24.6. The summed E-state index contributed by atoms with van der Waals surface area (Å²) in [7, 11) is 1.61. The van der Waals surface area contributed by atoms with Crippen molar-refractivity contribution in [1.82, 2.24) is 10.6 Å². The van der Waals surface area contributed by atoms with Crippen LogP contribution in [-0.4, -0.2) is 24.8 Å². The van der Waals surface area contributed by atoms with Gasteiger partial charge in [-0.25, -0.2) is 4.79 Å². The molecule has 1 aliphatic heterocycles. The van der Waals surface area contributed by atoms with Crippen molar-refractivity contribution in [3.8, 4) is 11.5 Å². The summed E-state index contributed by atoms with van der Waals surface area (Å²) in [5.74, 6) is 0.895. The van der Waals surface area contributed by atoms with Gasteiger partial charge in [-0.15, -0.1) is 0 Å². The Labute approximate surface area is 201 Å². The number of esters is 1. The maximum atomic E-state index is 13.1. The SMILES string of the molecule is CCCCCCOc1ccc([C@@H]2NC(=S)NC(C)=C2C(=O)OCc2ccccc2)cc1OC. The van der Waals surface area contributed by atoms with Crippen LogP contribution in [0.3, 0.4) is 0 Å². The summed E-state index contributed by atoms with van der Waals surface area (Å²) in [5.41, 5.74) is 2.90. The molecule has 6 nitrogen and oxygen atoms in total. The second-order valence-electron chi connectivity index (χ2n) is 7.95. The van der Waals surface area contributed by atoms with Crippen molar-refractivity contribution in [3.05, 3.63) is 70.9 Å². The first-order valence-electron chi connectivity index (χ1n) is 11.3. The number of thiocarbonyl (C=S) groups is 1. The van der Waals surface area contributed by atoms with Crippen LogP contribution in [0, 0.1) is 0 Å². The second-order valence-corrected chi connectivity index (χ2v) is 8.36. The molecule has 0 aromatic heterocycles. The maximum absolute atomic E-state index is 13.1. The molecule has 0 fully saturated rings. The van der Waals surface area contributed by atoms with E-state index in [9.17, 15) is 4.79 Å². The molecule has 0 unspecified atom stereocenters. The Hall–Kier alpha value is -3.06. The van der Waals surface area contributed by atoms with Crippen molar-refractivity contribution in [2.45, 2.75) is 52.2 Å². The highest BCUT2D eigenvalue weighted by molar-refractivity contribution is 7.80. The van der Waals surface area contributed by atoms with Gasteiger partial charge in [0.15, 0.2) is 16.6 Å². The fraction of sp³-hybridized carbons (Fsp3) is 0.385. The quantitative estimate of drug-likeness (QED) is 0.267. The van der Waals surface area contributed by atoms with Gasteiger partial charge in [0, 0.05) is 5.70 Å². The van der Waals surface area contributed by atoms with Crippen LogP contribution >= 0.6 is 12.2 Å². The largest absolute Gasteiger partial charge is 0.493 e. The molecular weight excluding hydrogens is 436 g/mol. The molecule has 33 heavy (non-hydrogen) atoms. The molecule has 1 aliphatic rings. The van der Waals surface area contributed by atoms with E-state index in [0.717, 1.165) is 24.0 Å². The van der Waals surface area contributed by atoms with E-state index in [2.05, 4.69) is 17.6 Å². The van der Waals surface area contributed by atoms with Crippen LogP contribution in [0.2, 0.25) is 0 Å². The third-order valence-electron chi connectivity index (χ3n) is 5.48. The van der Waals surface area contributed by atoms with Crippen LogP contribution in [0.15, 0.2) is 59.8 Å². The van der Waals surface area contributed by atoms with Gasteiger partial charge in [-0.3, -0.25) is 0 Å². The highest BCUT2D eigenvalue weighted by Gasteiger charge is 2.31. The molecule has 0 bridgehead atoms. The molecule has 0 aliphatic carbocycles. The number of carbonyl (C=O) groups excluding carboxylic acids is 1. The number of hydrogen-bond donors (Lipinski definition) is 2. The Kier molecular flexibility index (Phi) is 9.13. The third kappa shape index (κ3) is 6.71. The second kappa shape index (κ2) is 12.3. The summed E-state index contributed by atoms with van der Waals surface area (Å²) in [6, 6.07) is 14.8. The molecule has 1 heterocycles. The molecule has 1 atom stereocenters. The molecule has 0 radical (unpaired) electrons. The van der Waals surface area contributed by atoms with Crippen LogP contribution < -0.4 is 20.1 Å². The van der Waals surface area contributed by atoms with E-state index in [4.69, 9.17) is 26.4 Å². The summed E-state index contributed by atoms with van der Waals surface area (Å²) in [5, 5.41) is 6.68. The van der Waals surface area contributed by atoms with Gasteiger partial charge in [0.1, 0.15) is 6.61 Å². The zero-order chi connectivity index (χ0) is 23.6. The normalized spacial score (nSPS) is 15.5. The topological polar surface area (TPSA) is 68.8 Å². The number of carbonyl (C=O) groups is 1. The molecule has 2 N–H and O–H groups in total. The lowest BCUT2D eigenvalue weighted by Gasteiger charge is -2.30. The minimum Gasteiger partial charge on any atom is -0.493 e. The number of rotatable bonds is 11. The van der Waals surface area contributed by atoms with Crippen LogP contribution in [0.1, 0.15) is 56.7 Å². The predicted molar refractivity (Wildman–Crippen MR) is 133 cm³/mol. The number of hydrogen-bond acceptors (Lipinski definition) is 5. The highest BCUT2D eigenvalue weighted by atomic mass is 32.1. The molecule has 0 saturated carbocycles. The van der Waals surface area contributed by atoms with E-state index in [0.29, 0.717) is 34.5 Å². The van der Waals surface area contributed by atoms with Gasteiger partial charge in [-0.2, -0.15) is 0 Å². The number of ether oxygens (including phenoxy) is 3. The predicted octanol–water partition coefficient (Wildman–Crippen LogP) is 5.19. The van der Waals surface area contributed by atoms with Crippen LogP contribution in [0.5, 0.6) is 11.5 Å². The van der Waals surface area contributed by atoms with Crippen molar-refractivity contribution in [2.75, 3.05) is 13.7 Å². The van der Waals surface area contributed by atoms with Gasteiger partial charge in [0.25, 0.3) is 0 Å². The van der Waals surface area contributed by atoms with Gasteiger partial charge in [0.05, 0.1) is 25.3 Å². The van der Waals surface area contributed by atoms with Crippen LogP contribution in [-0.2, 0) is 16.1 Å². The minimum atomic E-state index is -0.463. The summed E-state index contributed by atoms with van der Waals surface area (Å²) < 4.78 is 17.1. The Morgan fingerprint density at radius 3 is 2.58 bits per heavy atom. The van der Waals surface area contributed by atoms with Gasteiger partial charge >= 0.3 is 5.97 Å². The minimum absolute atomic E-state index is 0.196. The maximum Gasteiger partial charge on any atom is 0.338 e. The summed E-state index contributed by atoms with van der Waals surface area (Å²) >= 11 is 5.36. The van der Waals surface area contributed by atoms with E-state index >= 15 is 0 Å². The average molecular weight is 469 g/mol. The monoisotopic (exact) mass is 468 g/mol. The zero-order valence-electron chi connectivity index (χ0n) is 19.5. The van der Waals surface area contributed by atoms with Crippen LogP contribution in [0.25, 0.3) is 0 Å². The number of allylic oxidation sites excluding steroid dienone is 1. The van der Waals surface area contributed by atoms with Crippen molar-refractivity contribution in [1.29, 1.82) is 0 Å². The number of nitrogens with one attached hydrogen (secondary N) is 2. The number of unbranched alkanes of at least 4 members (excludes halogenated alkanes) is 3. The molecule has 2 aromatic rings. The molecule has 0 spiro atoms. The summed E-state index contributed by atoms with van der Waals surface area (Å²) in [6.07, 6.45) is 4.54. The van der Waals surface area contributed by atoms with E-state index in [1.54, 1.807) is 7.11 Å². The molecule has 3 rings (SSSR count). The van der Waals surface area contributed by atoms with E-state index in [1.165, 1.54) is 12.8 Å². The van der Waals surface area contributed by atoms with E-state index in [1.807, 2.05) is 55.5 Å². The van der Waals surface area contributed by atoms with Crippen molar-refractivity contribution in [3.63, 3.8) is 0 Å². The third-order valence-corrected chi connectivity index (χ3v) is 5.70. The van der Waals surface area contributed by atoms with Gasteiger partial charge < -0.3 is 24.8 Å². The first-order valence-corrected chi connectivity index (χ1v) is 11.7. The first-order chi connectivity index (χ1) is 16.0. The Bertz CT molecular complexity index is 991. The van der Waals surface area contributed by atoms with Gasteiger partial charge in [0.2, 0.25) is 0 Å². The highest BCUT2D eigenvalue weighted by Crippen LogP contribution is 2.34. The van der Waals surface area contributed by atoms with Gasteiger partial charge in [-0.1, -0.05) is 62.6 Å². The Balaban J connectivity index is 1.77. The van der Waals surface area contributed by atoms with E-state index in [-0.39, 0.29) is 6.61 Å². The molecule has 176 valence electrons. The van der Waals surface area contributed by atoms with Crippen molar-refractivity contribution >= 4 is 23.3 Å². The average Bonchev–Trinajstić information content (AvgIpc) is 2.82. The van der Waals surface area contributed by atoms with Crippen molar-refractivity contribution < 1.29 is 19.0 Å². The standard InChI is InChI=1S/C26H32N2O4S/c1-4-5-6-10-15-31-21-14-13-20(16-22(21)30-3)24-23(18(2)27-26(33)28-24)25(29)32-17-19-11-8-7-9-12-19/h7-9,11-14,16,24H,4-6,10,15,17H2,1-3H3,(H2,27,28,33)/t24-/m0/s1. The Morgan fingerprint density at radius 2 is 1.85 bits per heavy atom. The Morgan fingerprint density at radius 1 is 1.06 bits per heavy atom. The van der Waals surface area contributed by atoms with Gasteiger partial charge in [-0.05, 0) is 48.8 Å². The van der Waals surface area contributed by atoms with E-state index < -0.39 is 12.0 Å². The molecule has 2 aromatic carbocycles. The lowest BCUT2D eigenvalue weighted by Crippen LogP contribution is -2.45. The molecular formula is C26H32N2O4S. The summed E-state index contributed by atoms with van der Waals surface area (Å²) in [4.78, 5) is 13.1. The number of benzene rings is 2. The lowest BCUT2D eigenvalue weighted by atomic mass is 9.95. The number of methoxy groups -OCH3 is 1. The van der Waals surface area contributed by atoms with Crippen molar-refractivity contribution in [2.24, 2.45) is 0 Å². The molecule has 0 saturated heterocycles. The fourth-order valence-corrected chi connectivity index (χ4v) is 3.98. The zero-order valence-corrected chi connectivity index (χ0v) is 20.3. The van der Waals surface area contributed by atoms with Crippen LogP contribution in [0.4, 0.5) is 0 Å². The fourth-order valence-electron chi connectivity index (χ4n) is 3.71. The smallest absolute Gasteiger partial charge is 0.338 e. The molecule has 0 amide bonds.